The third-order valence-electron chi connectivity index (χ3n) is 10.2. The molecule has 6 rings (SSSR count). The third kappa shape index (κ3) is 4.19. The topological polar surface area (TPSA) is 45.6 Å². The fourth-order valence-electron chi connectivity index (χ4n) is 6.86. The van der Waals surface area contributed by atoms with Crippen LogP contribution in [0.1, 0.15) is 79.3 Å². The van der Waals surface area contributed by atoms with Gasteiger partial charge in [0, 0.05) is 48.9 Å². The Kier molecular flexibility index (Phi) is 6.23. The first kappa shape index (κ1) is 25.9. The van der Waals surface area contributed by atoms with Crippen molar-refractivity contribution in [3.8, 4) is 0 Å². The normalized spacial score (nSPS) is 24.3. The predicted molar refractivity (Wildman–Crippen MR) is 156 cm³/mol. The summed E-state index contributed by atoms with van der Waals surface area (Å²) in [5.74, 6) is 0.520. The number of pyridine rings is 1. The Bertz CT molecular complexity index is 1290. The van der Waals surface area contributed by atoms with E-state index < -0.39 is 13.9 Å². The Morgan fingerprint density at radius 2 is 1.58 bits per heavy atom. The average molecular weight is 527 g/mol. The van der Waals surface area contributed by atoms with E-state index >= 15 is 0 Å². The van der Waals surface area contributed by atoms with E-state index in [1.165, 1.54) is 28.7 Å². The molecule has 0 spiro atoms. The van der Waals surface area contributed by atoms with Crippen molar-refractivity contribution in [2.45, 2.75) is 81.7 Å². The van der Waals surface area contributed by atoms with E-state index in [9.17, 15) is 5.11 Å². The van der Waals surface area contributed by atoms with Crippen LogP contribution in [0.15, 0.2) is 67.0 Å². The smallest absolute Gasteiger partial charge is 0.192 e. The van der Waals surface area contributed by atoms with Crippen LogP contribution in [0.5, 0.6) is 0 Å². The first-order valence-electron chi connectivity index (χ1n) is 14.2. The van der Waals surface area contributed by atoms with Crippen molar-refractivity contribution in [2.75, 3.05) is 19.6 Å². The summed E-state index contributed by atoms with van der Waals surface area (Å²) < 4.78 is 6.44. The average Bonchev–Trinajstić information content (AvgIpc) is 3.41. The SMILES string of the molecule is CC(C)(C)[Si](C)(C)OCc1cncc(C2(O)CCN(CC34CC(c5ccccc53)c3ccccc34)CC2)c1. The van der Waals surface area contributed by atoms with Gasteiger partial charge in [-0.25, -0.2) is 0 Å². The molecule has 1 aliphatic heterocycles. The van der Waals surface area contributed by atoms with Crippen LogP contribution in [0.4, 0.5) is 0 Å². The maximum Gasteiger partial charge on any atom is 0.192 e. The zero-order valence-corrected chi connectivity index (χ0v) is 24.6. The summed E-state index contributed by atoms with van der Waals surface area (Å²) in [5, 5.41) is 11.9. The number of rotatable bonds is 6. The van der Waals surface area contributed by atoms with Crippen LogP contribution < -0.4 is 0 Å². The molecule has 0 radical (unpaired) electrons. The van der Waals surface area contributed by atoms with Crippen LogP contribution in [0.3, 0.4) is 0 Å². The van der Waals surface area contributed by atoms with Gasteiger partial charge in [-0.2, -0.15) is 0 Å². The van der Waals surface area contributed by atoms with Gasteiger partial charge in [0.1, 0.15) is 0 Å². The molecule has 2 heterocycles. The Balaban J connectivity index is 1.17. The lowest BCUT2D eigenvalue weighted by Crippen LogP contribution is -2.47. The molecular weight excluding hydrogens is 484 g/mol. The molecule has 1 saturated heterocycles. The quantitative estimate of drug-likeness (QED) is 0.362. The third-order valence-corrected chi connectivity index (χ3v) is 14.6. The van der Waals surface area contributed by atoms with Gasteiger partial charge in [0.25, 0.3) is 0 Å². The van der Waals surface area contributed by atoms with Crippen LogP contribution in [0.25, 0.3) is 0 Å². The summed E-state index contributed by atoms with van der Waals surface area (Å²) in [7, 11) is -1.85. The fourth-order valence-corrected chi connectivity index (χ4v) is 7.82. The molecule has 0 atom stereocenters. The molecule has 1 fully saturated rings. The first-order valence-corrected chi connectivity index (χ1v) is 17.2. The number of hydrogen-bond acceptors (Lipinski definition) is 4. The summed E-state index contributed by atoms with van der Waals surface area (Å²) in [6.45, 7) is 14.7. The molecule has 4 nitrogen and oxygen atoms in total. The zero-order valence-electron chi connectivity index (χ0n) is 23.6. The number of fused-ring (bicyclic) bond motifs is 8. The van der Waals surface area contributed by atoms with Crippen molar-refractivity contribution in [3.05, 3.63) is 100 Å². The van der Waals surface area contributed by atoms with Crippen LogP contribution >= 0.6 is 0 Å². The highest BCUT2D eigenvalue weighted by molar-refractivity contribution is 6.74. The largest absolute Gasteiger partial charge is 0.413 e. The molecule has 1 N–H and O–H groups in total. The molecule has 3 aliphatic rings. The number of likely N-dealkylation sites (tertiary alicyclic amines) is 1. The summed E-state index contributed by atoms with van der Waals surface area (Å²) in [5.41, 5.74) is 7.28. The Morgan fingerprint density at radius 3 is 2.18 bits per heavy atom. The molecule has 38 heavy (non-hydrogen) atoms. The number of hydrogen-bond donors (Lipinski definition) is 1. The number of aliphatic hydroxyl groups is 1. The van der Waals surface area contributed by atoms with E-state index in [1.54, 1.807) is 0 Å². The predicted octanol–water partition coefficient (Wildman–Crippen LogP) is 6.72. The molecule has 2 aliphatic carbocycles. The van der Waals surface area contributed by atoms with Gasteiger partial charge in [-0.15, -0.1) is 0 Å². The van der Waals surface area contributed by atoms with Crippen molar-refractivity contribution >= 4 is 8.32 Å². The minimum Gasteiger partial charge on any atom is -0.413 e. The monoisotopic (exact) mass is 526 g/mol. The second-order valence-corrected chi connectivity index (χ2v) is 18.3. The van der Waals surface area contributed by atoms with Gasteiger partial charge in [0.15, 0.2) is 8.32 Å². The summed E-state index contributed by atoms with van der Waals surface area (Å²) in [4.78, 5) is 7.10. The van der Waals surface area contributed by atoms with Gasteiger partial charge < -0.3 is 14.4 Å². The molecule has 1 aromatic heterocycles. The van der Waals surface area contributed by atoms with Crippen LogP contribution in [0, 0.1) is 0 Å². The van der Waals surface area contributed by atoms with Crippen molar-refractivity contribution < 1.29 is 9.53 Å². The van der Waals surface area contributed by atoms with Gasteiger partial charge in [-0.05, 0) is 71.3 Å². The molecule has 2 aromatic carbocycles. The maximum atomic E-state index is 11.7. The number of piperidine rings is 1. The van der Waals surface area contributed by atoms with Gasteiger partial charge in [0.05, 0.1) is 12.2 Å². The first-order chi connectivity index (χ1) is 18.0. The molecule has 0 saturated carbocycles. The minimum absolute atomic E-state index is 0.0653. The van der Waals surface area contributed by atoms with Crippen LogP contribution in [-0.2, 0) is 22.0 Å². The molecular formula is C33H42N2O2Si. The highest BCUT2D eigenvalue weighted by atomic mass is 28.4. The number of nitrogens with zero attached hydrogens (tertiary/aromatic N) is 2. The highest BCUT2D eigenvalue weighted by Gasteiger charge is 2.53. The zero-order chi connectivity index (χ0) is 26.8. The van der Waals surface area contributed by atoms with Gasteiger partial charge in [0.2, 0.25) is 0 Å². The Labute approximate surface area is 229 Å². The van der Waals surface area contributed by atoms with E-state index in [1.807, 2.05) is 12.4 Å². The number of aromatic nitrogens is 1. The standard InChI is InChI=1S/C33H42N2O2Si/c1-31(2,3)38(4,5)37-22-24-18-25(21-34-20-24)33(36)14-16-35(17-15-33)23-32-19-28(26-10-6-8-12-29(26)32)27-11-7-9-13-30(27)32/h6-13,18,20-21,28,36H,14-17,19,22-23H2,1-5H3. The molecule has 2 bridgehead atoms. The van der Waals surface area contributed by atoms with E-state index in [-0.39, 0.29) is 10.5 Å². The van der Waals surface area contributed by atoms with Crippen molar-refractivity contribution in [1.29, 1.82) is 0 Å². The van der Waals surface area contributed by atoms with Crippen LogP contribution in [-0.4, -0.2) is 42.9 Å². The van der Waals surface area contributed by atoms with Crippen molar-refractivity contribution in [3.63, 3.8) is 0 Å². The van der Waals surface area contributed by atoms with Crippen LogP contribution in [0.2, 0.25) is 18.1 Å². The van der Waals surface area contributed by atoms with Gasteiger partial charge in [-0.1, -0.05) is 69.3 Å². The molecule has 5 heteroatoms. The molecule has 0 unspecified atom stereocenters. The van der Waals surface area contributed by atoms with E-state index in [0.717, 1.165) is 43.6 Å². The van der Waals surface area contributed by atoms with E-state index in [0.29, 0.717) is 12.5 Å². The van der Waals surface area contributed by atoms with E-state index in [2.05, 4.69) is 98.3 Å². The summed E-state index contributed by atoms with van der Waals surface area (Å²) >= 11 is 0. The Hall–Kier alpha value is -2.31. The lowest BCUT2D eigenvalue weighted by atomic mass is 9.74. The maximum absolute atomic E-state index is 11.7. The van der Waals surface area contributed by atoms with Gasteiger partial charge in [-0.3, -0.25) is 4.98 Å². The van der Waals surface area contributed by atoms with E-state index in [4.69, 9.17) is 4.43 Å². The minimum atomic E-state index is -1.85. The second-order valence-electron chi connectivity index (χ2n) is 13.5. The second kappa shape index (κ2) is 9.12. The van der Waals surface area contributed by atoms with Gasteiger partial charge >= 0.3 is 0 Å². The lowest BCUT2D eigenvalue weighted by molar-refractivity contribution is -0.0292. The number of benzene rings is 2. The molecule has 200 valence electrons. The summed E-state index contributed by atoms with van der Waals surface area (Å²) in [6.07, 6.45) is 6.37. The van der Waals surface area contributed by atoms with Crippen molar-refractivity contribution in [1.82, 2.24) is 9.88 Å². The Morgan fingerprint density at radius 1 is 0.974 bits per heavy atom. The lowest BCUT2D eigenvalue weighted by Gasteiger charge is -2.43. The summed E-state index contributed by atoms with van der Waals surface area (Å²) in [6, 6.07) is 20.3. The fraction of sp³-hybridized carbons (Fsp3) is 0.485. The van der Waals surface area contributed by atoms with Crippen molar-refractivity contribution in [2.24, 2.45) is 0 Å². The highest BCUT2D eigenvalue weighted by Crippen LogP contribution is 2.60. The molecule has 3 aromatic rings. The molecule has 0 amide bonds.